The lowest BCUT2D eigenvalue weighted by molar-refractivity contribution is 0.626. The number of hydrogen-bond acceptors (Lipinski definition) is 1. The van der Waals surface area contributed by atoms with E-state index in [4.69, 9.17) is 23.2 Å². The van der Waals surface area contributed by atoms with E-state index in [1.54, 1.807) is 12.1 Å². The average Bonchev–Trinajstić information content (AvgIpc) is 2.68. The van der Waals surface area contributed by atoms with Gasteiger partial charge >= 0.3 is 0 Å². The molecule has 0 aliphatic rings. The van der Waals surface area contributed by atoms with Gasteiger partial charge < -0.3 is 0 Å². The van der Waals surface area contributed by atoms with E-state index < -0.39 is 11.2 Å². The first kappa shape index (κ1) is 12.4. The lowest BCUT2D eigenvalue weighted by Crippen LogP contribution is -1.93. The van der Waals surface area contributed by atoms with E-state index in [0.717, 1.165) is 8.66 Å². The standard InChI is InChI=1S/C11H6BrCl2FS/c12-9-5-4-8(16-9)11(14)6-2-1-3-7(15)10(6)13/h1-5,11H. The van der Waals surface area contributed by atoms with Gasteiger partial charge in [0, 0.05) is 4.88 Å². The minimum Gasteiger partial charge on any atom is -0.205 e. The van der Waals surface area contributed by atoms with Crippen LogP contribution in [0.25, 0.3) is 0 Å². The highest BCUT2D eigenvalue weighted by Crippen LogP contribution is 2.38. The summed E-state index contributed by atoms with van der Waals surface area (Å²) in [6.07, 6.45) is 0. The molecule has 1 heterocycles. The highest BCUT2D eigenvalue weighted by atomic mass is 79.9. The number of thiophene rings is 1. The molecule has 0 fully saturated rings. The van der Waals surface area contributed by atoms with Crippen molar-refractivity contribution >= 4 is 50.5 Å². The van der Waals surface area contributed by atoms with Crippen molar-refractivity contribution in [2.45, 2.75) is 5.38 Å². The Morgan fingerprint density at radius 1 is 1.25 bits per heavy atom. The van der Waals surface area contributed by atoms with Crippen LogP contribution in [0.2, 0.25) is 5.02 Å². The van der Waals surface area contributed by atoms with Crippen LogP contribution in [-0.2, 0) is 0 Å². The van der Waals surface area contributed by atoms with Gasteiger partial charge in [0.25, 0.3) is 0 Å². The van der Waals surface area contributed by atoms with E-state index in [1.807, 2.05) is 12.1 Å². The third-order valence-corrected chi connectivity index (χ3v) is 4.79. The first-order valence-corrected chi connectivity index (χ1v) is 6.85. The molecule has 0 nitrogen and oxygen atoms in total. The molecule has 1 aromatic carbocycles. The first-order chi connectivity index (χ1) is 7.59. The van der Waals surface area contributed by atoms with Gasteiger partial charge in [-0.15, -0.1) is 22.9 Å². The van der Waals surface area contributed by atoms with Crippen LogP contribution in [0, 0.1) is 5.82 Å². The van der Waals surface area contributed by atoms with Crippen molar-refractivity contribution in [3.05, 3.63) is 55.4 Å². The summed E-state index contributed by atoms with van der Waals surface area (Å²) in [5.74, 6) is -0.444. The SMILES string of the molecule is Fc1cccc(C(Cl)c2ccc(Br)s2)c1Cl. The van der Waals surface area contributed by atoms with Crippen molar-refractivity contribution in [2.24, 2.45) is 0 Å². The topological polar surface area (TPSA) is 0 Å². The molecule has 16 heavy (non-hydrogen) atoms. The molecular formula is C11H6BrCl2FS. The van der Waals surface area contributed by atoms with Crippen LogP contribution in [0.15, 0.2) is 34.1 Å². The predicted molar refractivity (Wildman–Crippen MR) is 71.1 cm³/mol. The van der Waals surface area contributed by atoms with Crippen molar-refractivity contribution in [1.82, 2.24) is 0 Å². The number of halogens is 4. The zero-order valence-electron chi connectivity index (χ0n) is 7.88. The van der Waals surface area contributed by atoms with Crippen LogP contribution in [-0.4, -0.2) is 0 Å². The maximum absolute atomic E-state index is 13.3. The van der Waals surface area contributed by atoms with Crippen LogP contribution in [0.3, 0.4) is 0 Å². The Balaban J connectivity index is 2.41. The number of rotatable bonds is 2. The fraction of sp³-hybridized carbons (Fsp3) is 0.0909. The summed E-state index contributed by atoms with van der Waals surface area (Å²) in [4.78, 5) is 0.932. The number of hydrogen-bond donors (Lipinski definition) is 0. The lowest BCUT2D eigenvalue weighted by atomic mass is 10.1. The molecule has 0 aliphatic carbocycles. The second kappa shape index (κ2) is 5.05. The second-order valence-corrected chi connectivity index (χ2v) is 6.46. The monoisotopic (exact) mass is 338 g/mol. The lowest BCUT2D eigenvalue weighted by Gasteiger charge is -2.09. The molecule has 1 atom stereocenters. The highest BCUT2D eigenvalue weighted by Gasteiger charge is 2.17. The summed E-state index contributed by atoms with van der Waals surface area (Å²) in [5.41, 5.74) is 0.595. The molecule has 1 unspecified atom stereocenters. The van der Waals surface area contributed by atoms with E-state index in [9.17, 15) is 4.39 Å². The third kappa shape index (κ3) is 2.43. The van der Waals surface area contributed by atoms with Gasteiger partial charge in [-0.3, -0.25) is 0 Å². The van der Waals surface area contributed by atoms with Gasteiger partial charge in [0.2, 0.25) is 0 Å². The summed E-state index contributed by atoms with van der Waals surface area (Å²) in [5, 5.41) is -0.327. The summed E-state index contributed by atoms with van der Waals surface area (Å²) >= 11 is 17.0. The quantitative estimate of drug-likeness (QED) is 0.622. The molecule has 0 N–H and O–H groups in total. The molecule has 0 saturated carbocycles. The van der Waals surface area contributed by atoms with Gasteiger partial charge in [-0.05, 0) is 39.7 Å². The molecule has 5 heteroatoms. The Morgan fingerprint density at radius 2 is 2.00 bits per heavy atom. The van der Waals surface area contributed by atoms with Crippen LogP contribution in [0.1, 0.15) is 15.8 Å². The minimum absolute atomic E-state index is 0.0898. The van der Waals surface area contributed by atoms with Crippen LogP contribution >= 0.6 is 50.5 Å². The average molecular weight is 340 g/mol. The third-order valence-electron chi connectivity index (χ3n) is 2.10. The van der Waals surface area contributed by atoms with Gasteiger partial charge in [0.1, 0.15) is 5.82 Å². The summed E-state index contributed by atoms with van der Waals surface area (Å²) in [7, 11) is 0. The molecular weight excluding hydrogens is 334 g/mol. The van der Waals surface area contributed by atoms with Gasteiger partial charge in [-0.1, -0.05) is 23.7 Å². The Bertz CT molecular complexity index is 512. The van der Waals surface area contributed by atoms with E-state index >= 15 is 0 Å². The molecule has 0 saturated heterocycles. The van der Waals surface area contributed by atoms with Gasteiger partial charge in [-0.25, -0.2) is 4.39 Å². The number of benzene rings is 1. The fourth-order valence-electron chi connectivity index (χ4n) is 1.33. The molecule has 2 rings (SSSR count). The minimum atomic E-state index is -0.444. The Labute approximate surface area is 115 Å². The molecule has 0 aliphatic heterocycles. The fourth-order valence-corrected chi connectivity index (χ4v) is 3.43. The Morgan fingerprint density at radius 3 is 2.62 bits per heavy atom. The molecule has 84 valence electrons. The summed E-state index contributed by atoms with van der Waals surface area (Å²) < 4.78 is 14.3. The highest BCUT2D eigenvalue weighted by molar-refractivity contribution is 9.11. The Kier molecular flexibility index (Phi) is 3.90. The first-order valence-electron chi connectivity index (χ1n) is 4.43. The molecule has 0 amide bonds. The normalized spacial score (nSPS) is 12.8. The van der Waals surface area contributed by atoms with Crippen molar-refractivity contribution in [3.63, 3.8) is 0 Å². The smallest absolute Gasteiger partial charge is 0.142 e. The van der Waals surface area contributed by atoms with Crippen molar-refractivity contribution in [3.8, 4) is 0 Å². The zero-order chi connectivity index (χ0) is 11.7. The molecule has 0 bridgehead atoms. The molecule has 1 aromatic heterocycles. The summed E-state index contributed by atoms with van der Waals surface area (Å²) in [6.45, 7) is 0. The van der Waals surface area contributed by atoms with Gasteiger partial charge in [0.15, 0.2) is 0 Å². The predicted octanol–water partition coefficient (Wildman–Crippen LogP) is 5.63. The zero-order valence-corrected chi connectivity index (χ0v) is 11.8. The maximum Gasteiger partial charge on any atom is 0.142 e. The number of alkyl halides is 1. The van der Waals surface area contributed by atoms with Crippen LogP contribution in [0.4, 0.5) is 4.39 Å². The van der Waals surface area contributed by atoms with E-state index in [-0.39, 0.29) is 5.02 Å². The van der Waals surface area contributed by atoms with Crippen LogP contribution < -0.4 is 0 Å². The molecule has 0 radical (unpaired) electrons. The Hall–Kier alpha value is -0.0900. The molecule has 2 aromatic rings. The van der Waals surface area contributed by atoms with Gasteiger partial charge in [0.05, 0.1) is 14.2 Å². The van der Waals surface area contributed by atoms with Crippen molar-refractivity contribution in [1.29, 1.82) is 0 Å². The van der Waals surface area contributed by atoms with E-state index in [0.29, 0.717) is 5.56 Å². The maximum atomic E-state index is 13.3. The van der Waals surface area contributed by atoms with E-state index in [2.05, 4.69) is 15.9 Å². The van der Waals surface area contributed by atoms with Gasteiger partial charge in [-0.2, -0.15) is 0 Å². The van der Waals surface area contributed by atoms with Crippen molar-refractivity contribution in [2.75, 3.05) is 0 Å². The van der Waals surface area contributed by atoms with Crippen LogP contribution in [0.5, 0.6) is 0 Å². The molecule has 0 spiro atoms. The summed E-state index contributed by atoms with van der Waals surface area (Å²) in [6, 6.07) is 8.46. The van der Waals surface area contributed by atoms with Crippen molar-refractivity contribution < 1.29 is 4.39 Å². The largest absolute Gasteiger partial charge is 0.205 e. The van der Waals surface area contributed by atoms with E-state index in [1.165, 1.54) is 17.4 Å². The second-order valence-electron chi connectivity index (χ2n) is 3.15.